The maximum Gasteiger partial charge on any atom is 0.310 e. The van der Waals surface area contributed by atoms with Gasteiger partial charge in [0, 0.05) is 8.07 Å². The van der Waals surface area contributed by atoms with Crippen LogP contribution in [0.25, 0.3) is 0 Å². The molecule has 37 heavy (non-hydrogen) atoms. The van der Waals surface area contributed by atoms with Crippen molar-refractivity contribution in [3.05, 3.63) is 12.2 Å². The van der Waals surface area contributed by atoms with Crippen LogP contribution in [-0.2, 0) is 19.1 Å². The lowest BCUT2D eigenvalue weighted by Gasteiger charge is -2.39. The molecule has 0 aliphatic heterocycles. The fraction of sp³-hybridized carbons (Fsp3) is 0.875. The highest BCUT2D eigenvalue weighted by Crippen LogP contribution is 2.60. The Hall–Kier alpha value is -1.10. The van der Waals surface area contributed by atoms with Gasteiger partial charge in [0.25, 0.3) is 0 Å². The monoisotopic (exact) mass is 530 g/mol. The van der Waals surface area contributed by atoms with Crippen LogP contribution in [0.2, 0.25) is 25.2 Å². The highest BCUT2D eigenvalue weighted by molar-refractivity contribution is 6.78. The highest BCUT2D eigenvalue weighted by Gasteiger charge is 2.62. The summed E-state index contributed by atoms with van der Waals surface area (Å²) in [5.74, 6) is 2.07. The van der Waals surface area contributed by atoms with Crippen LogP contribution in [-0.4, -0.2) is 32.2 Å². The van der Waals surface area contributed by atoms with Crippen molar-refractivity contribution in [3.63, 3.8) is 0 Å². The molecule has 11 atom stereocenters. The minimum atomic E-state index is -1.63. The zero-order chi connectivity index (χ0) is 27.2. The maximum absolute atomic E-state index is 14.0. The summed E-state index contributed by atoms with van der Waals surface area (Å²) in [7, 11) is -1.63. The Bertz CT molecular complexity index is 795. The Labute approximate surface area is 227 Å². The van der Waals surface area contributed by atoms with Gasteiger partial charge in [-0.25, -0.2) is 0 Å². The number of carbonyl (C=O) groups excluding carboxylic acids is 2. The molecular formula is C32H54O4Si. The van der Waals surface area contributed by atoms with E-state index < -0.39 is 19.9 Å². The predicted octanol–water partition coefficient (Wildman–Crippen LogP) is 7.75. The third-order valence-corrected chi connectivity index (χ3v) is 13.4. The normalized spacial score (nSPS) is 41.9. The molecule has 2 bridgehead atoms. The zero-order valence-electron chi connectivity index (χ0n) is 25.0. The molecule has 4 aliphatic carbocycles. The van der Waals surface area contributed by atoms with E-state index in [2.05, 4.69) is 73.3 Å². The van der Waals surface area contributed by atoms with Crippen molar-refractivity contribution in [2.24, 2.45) is 59.2 Å². The average Bonchev–Trinajstić information content (AvgIpc) is 3.36. The number of allylic oxidation sites excluding steroid dienone is 2. The second kappa shape index (κ2) is 11.2. The Morgan fingerprint density at radius 2 is 1.08 bits per heavy atom. The Kier molecular flexibility index (Phi) is 8.73. The summed E-state index contributed by atoms with van der Waals surface area (Å²) in [4.78, 5) is 28.1. The zero-order valence-corrected chi connectivity index (χ0v) is 26.0. The molecule has 0 radical (unpaired) electrons. The van der Waals surface area contributed by atoms with E-state index >= 15 is 0 Å². The molecule has 4 rings (SSSR count). The summed E-state index contributed by atoms with van der Waals surface area (Å²) in [6.45, 7) is 20.7. The first-order valence-electron chi connectivity index (χ1n) is 15.4. The van der Waals surface area contributed by atoms with Crippen molar-refractivity contribution < 1.29 is 19.1 Å². The second-order valence-electron chi connectivity index (χ2n) is 15.1. The molecule has 0 heterocycles. The lowest BCUT2D eigenvalue weighted by atomic mass is 9.75. The summed E-state index contributed by atoms with van der Waals surface area (Å²) < 4.78 is 12.8. The molecule has 0 aromatic rings. The van der Waals surface area contributed by atoms with Gasteiger partial charge < -0.3 is 9.47 Å². The molecule has 210 valence electrons. The molecule has 3 saturated carbocycles. The van der Waals surface area contributed by atoms with E-state index in [0.29, 0.717) is 41.0 Å². The van der Waals surface area contributed by atoms with E-state index in [9.17, 15) is 9.59 Å². The second-order valence-corrected chi connectivity index (χ2v) is 20.5. The number of hydrogen-bond acceptors (Lipinski definition) is 4. The summed E-state index contributed by atoms with van der Waals surface area (Å²) in [5, 5.41) is 0. The van der Waals surface area contributed by atoms with Crippen molar-refractivity contribution in [1.82, 2.24) is 0 Å². The van der Waals surface area contributed by atoms with Crippen LogP contribution in [0.4, 0.5) is 0 Å². The molecule has 0 spiro atoms. The van der Waals surface area contributed by atoms with Gasteiger partial charge in [0.15, 0.2) is 0 Å². The fourth-order valence-electron chi connectivity index (χ4n) is 8.64. The predicted molar refractivity (Wildman–Crippen MR) is 153 cm³/mol. The summed E-state index contributed by atoms with van der Waals surface area (Å²) >= 11 is 0. The van der Waals surface area contributed by atoms with Gasteiger partial charge in [-0.15, -0.1) is 0 Å². The van der Waals surface area contributed by atoms with E-state index in [0.717, 1.165) is 25.7 Å². The van der Waals surface area contributed by atoms with Crippen molar-refractivity contribution in [2.75, 3.05) is 0 Å². The van der Waals surface area contributed by atoms with E-state index in [4.69, 9.17) is 9.47 Å². The topological polar surface area (TPSA) is 52.6 Å². The van der Waals surface area contributed by atoms with Crippen LogP contribution >= 0.6 is 0 Å². The fourth-order valence-corrected chi connectivity index (χ4v) is 11.6. The molecule has 3 fully saturated rings. The maximum atomic E-state index is 14.0. The molecule has 4 aliphatic rings. The molecular weight excluding hydrogens is 476 g/mol. The molecule has 0 aromatic carbocycles. The molecule has 0 amide bonds. The first kappa shape index (κ1) is 28.9. The van der Waals surface area contributed by atoms with Crippen molar-refractivity contribution in [1.29, 1.82) is 0 Å². The largest absolute Gasteiger partial charge is 0.462 e. The van der Waals surface area contributed by atoms with Crippen LogP contribution in [0.3, 0.4) is 0 Å². The lowest BCUT2D eigenvalue weighted by molar-refractivity contribution is -0.174. The van der Waals surface area contributed by atoms with Crippen molar-refractivity contribution in [3.8, 4) is 0 Å². The highest BCUT2D eigenvalue weighted by atomic mass is 28.3. The average molecular weight is 531 g/mol. The summed E-state index contributed by atoms with van der Waals surface area (Å²) in [5.41, 5.74) is 0.389. The van der Waals surface area contributed by atoms with Gasteiger partial charge in [-0.05, 0) is 78.6 Å². The number of esters is 2. The van der Waals surface area contributed by atoms with Crippen molar-refractivity contribution >= 4 is 20.0 Å². The molecule has 0 N–H and O–H groups in total. The van der Waals surface area contributed by atoms with Crippen LogP contribution in [0, 0.1) is 59.2 Å². The van der Waals surface area contributed by atoms with E-state index in [1.807, 2.05) is 0 Å². The standard InChI is InChI=1S/C32H54O4Si/c1-18(2)22-12-10-20(5)16-26(22)35-31(33)28-24-14-15-25(30(24)37(7,8)9)29(28)32(34)36-27-17-21(6)11-13-23(27)19(3)4/h14-15,18-30H,10-13,16-17H2,1-9H3/t20-,21-,22+,23+,24-,25+,26-,27-,28+,29+,30?/m1/s1. The first-order valence-corrected chi connectivity index (χ1v) is 19.0. The molecule has 5 heteroatoms. The minimum Gasteiger partial charge on any atom is -0.462 e. The van der Waals surface area contributed by atoms with Crippen LogP contribution in [0.1, 0.15) is 80.1 Å². The van der Waals surface area contributed by atoms with Gasteiger partial charge in [0.05, 0.1) is 11.8 Å². The summed E-state index contributed by atoms with van der Waals surface area (Å²) in [6.07, 6.45) is 10.9. The van der Waals surface area contributed by atoms with Gasteiger partial charge in [0.2, 0.25) is 0 Å². The lowest BCUT2D eigenvalue weighted by Crippen LogP contribution is -2.43. The third-order valence-electron chi connectivity index (χ3n) is 10.6. The quantitative estimate of drug-likeness (QED) is 0.192. The van der Waals surface area contributed by atoms with Gasteiger partial charge in [-0.2, -0.15) is 0 Å². The van der Waals surface area contributed by atoms with Gasteiger partial charge in [0.1, 0.15) is 12.2 Å². The van der Waals surface area contributed by atoms with Gasteiger partial charge >= 0.3 is 11.9 Å². The van der Waals surface area contributed by atoms with Crippen LogP contribution in [0.15, 0.2) is 12.2 Å². The molecule has 0 saturated heterocycles. The molecule has 1 unspecified atom stereocenters. The number of ether oxygens (including phenoxy) is 2. The third kappa shape index (κ3) is 5.92. The Morgan fingerprint density at radius 3 is 1.41 bits per heavy atom. The molecule has 0 aromatic heterocycles. The van der Waals surface area contributed by atoms with Gasteiger partial charge in [-0.3, -0.25) is 9.59 Å². The van der Waals surface area contributed by atoms with Gasteiger partial charge in [-0.1, -0.05) is 86.2 Å². The smallest absolute Gasteiger partial charge is 0.310 e. The number of fused-ring (bicyclic) bond motifs is 2. The number of hydrogen-bond donors (Lipinski definition) is 0. The Balaban J connectivity index is 1.58. The molecule has 4 nitrogen and oxygen atoms in total. The minimum absolute atomic E-state index is 0.0362. The van der Waals surface area contributed by atoms with Crippen LogP contribution in [0.5, 0.6) is 0 Å². The van der Waals surface area contributed by atoms with Crippen LogP contribution < -0.4 is 0 Å². The van der Waals surface area contributed by atoms with E-state index in [1.54, 1.807) is 0 Å². The van der Waals surface area contributed by atoms with E-state index in [-0.39, 0.29) is 36.0 Å². The number of carbonyl (C=O) groups is 2. The Morgan fingerprint density at radius 1 is 0.703 bits per heavy atom. The van der Waals surface area contributed by atoms with Crippen molar-refractivity contribution in [2.45, 2.75) is 117 Å². The number of rotatable bonds is 7. The summed E-state index contributed by atoms with van der Waals surface area (Å²) in [6, 6.07) is 0. The SMILES string of the molecule is CC(C)[C@@H]1CC[C@@H](C)C[C@H]1OC(=O)[C@@H]1[C@@H](C(=O)O[C@@H]2C[C@H](C)CC[C@H]2C(C)C)[C@H]2C=C[C@@H]1C2[Si](C)(C)C. The first-order chi connectivity index (χ1) is 17.3. The van der Waals surface area contributed by atoms with E-state index in [1.165, 1.54) is 12.8 Å².